The first-order valence-electron chi connectivity index (χ1n) is 10.4. The summed E-state index contributed by atoms with van der Waals surface area (Å²) in [6.45, 7) is 5.09. The second-order valence-corrected chi connectivity index (χ2v) is 8.00. The molecule has 154 valence electrons. The van der Waals surface area contributed by atoms with Crippen LogP contribution in [0.4, 0.5) is 17.2 Å². The van der Waals surface area contributed by atoms with Gasteiger partial charge in [-0.25, -0.2) is 4.98 Å². The summed E-state index contributed by atoms with van der Waals surface area (Å²) < 4.78 is 0. The van der Waals surface area contributed by atoms with Crippen LogP contribution in [0.5, 0.6) is 0 Å². The van der Waals surface area contributed by atoms with Crippen LogP contribution in [-0.2, 0) is 4.79 Å². The normalized spacial score (nSPS) is 24.5. The Hall–Kier alpha value is -2.48. The smallest absolute Gasteiger partial charge is 0.307 e. The van der Waals surface area contributed by atoms with Gasteiger partial charge in [-0.1, -0.05) is 12.1 Å². The van der Waals surface area contributed by atoms with Gasteiger partial charge in [-0.3, -0.25) is 4.79 Å². The molecule has 0 aliphatic carbocycles. The van der Waals surface area contributed by atoms with Gasteiger partial charge in [-0.15, -0.1) is 0 Å². The molecule has 0 amide bonds. The minimum atomic E-state index is -0.693. The molecule has 0 bridgehead atoms. The lowest BCUT2D eigenvalue weighted by Crippen LogP contribution is -3.02. The van der Waals surface area contributed by atoms with Crippen molar-refractivity contribution < 1.29 is 15.0 Å². The molecule has 0 spiro atoms. The fraction of sp³-hybridized carbons (Fsp3) is 0.455. The Morgan fingerprint density at radius 3 is 2.93 bits per heavy atom. The number of benzene rings is 1. The van der Waals surface area contributed by atoms with E-state index in [0.29, 0.717) is 6.54 Å². The highest BCUT2D eigenvalue weighted by atomic mass is 16.5. The average molecular weight is 396 g/mol. The Bertz CT molecular complexity index is 823. The number of nitrogens with zero attached hydrogens (tertiary/aromatic N) is 3. The maximum atomic E-state index is 13.0. The third kappa shape index (κ3) is 3.99. The number of para-hydroxylation sites is 2. The van der Waals surface area contributed by atoms with Crippen LogP contribution < -0.4 is 9.96 Å². The van der Waals surface area contributed by atoms with Crippen LogP contribution in [0, 0.1) is 11.1 Å². The fourth-order valence-corrected chi connectivity index (χ4v) is 4.52. The molecule has 2 aromatic rings. The predicted molar refractivity (Wildman–Crippen MR) is 112 cm³/mol. The van der Waals surface area contributed by atoms with E-state index < -0.39 is 5.97 Å². The molecule has 4 rings (SSSR count). The lowest BCUT2D eigenvalue weighted by Gasteiger charge is -2.31. The van der Waals surface area contributed by atoms with Crippen LogP contribution in [0.3, 0.4) is 0 Å². The van der Waals surface area contributed by atoms with Gasteiger partial charge in [0.15, 0.2) is 5.69 Å². The molecule has 3 atom stereocenters. The van der Waals surface area contributed by atoms with Crippen LogP contribution in [0.15, 0.2) is 42.6 Å². The highest BCUT2D eigenvalue weighted by Gasteiger charge is 2.31. The fourth-order valence-electron chi connectivity index (χ4n) is 4.52. The van der Waals surface area contributed by atoms with Crippen LogP contribution in [0.25, 0.3) is 0 Å². The molecule has 0 radical (unpaired) electrons. The van der Waals surface area contributed by atoms with Crippen molar-refractivity contribution in [3.63, 3.8) is 0 Å². The summed E-state index contributed by atoms with van der Waals surface area (Å²) in [5.41, 5.74) is 2.60. The minimum absolute atomic E-state index is 0.123. The van der Waals surface area contributed by atoms with Crippen molar-refractivity contribution in [2.75, 3.05) is 31.1 Å². The van der Waals surface area contributed by atoms with E-state index in [2.05, 4.69) is 14.8 Å². The number of aromatic nitrogens is 1. The topological polar surface area (TPSA) is 84.2 Å². The van der Waals surface area contributed by atoms with Gasteiger partial charge in [0, 0.05) is 25.4 Å². The number of carboxylic acids is 1. The zero-order valence-corrected chi connectivity index (χ0v) is 16.8. The Morgan fingerprint density at radius 2 is 2.10 bits per heavy atom. The van der Waals surface area contributed by atoms with E-state index >= 15 is 0 Å². The van der Waals surface area contributed by atoms with Gasteiger partial charge in [-0.05, 0) is 57.5 Å². The number of likely N-dealkylation sites (tertiary alicyclic amines) is 1. The summed E-state index contributed by atoms with van der Waals surface area (Å²) in [5, 5.41) is 22.5. The second kappa shape index (κ2) is 8.49. The largest absolute Gasteiger partial charge is 0.628 e. The summed E-state index contributed by atoms with van der Waals surface area (Å²) in [6.07, 6.45) is 4.35. The van der Waals surface area contributed by atoms with Crippen LogP contribution in [0.1, 0.15) is 37.8 Å². The zero-order chi connectivity index (χ0) is 20.4. The molecule has 1 saturated heterocycles. The molecule has 7 nitrogen and oxygen atoms in total. The molecule has 2 aliphatic rings. The van der Waals surface area contributed by atoms with Crippen LogP contribution in [-0.4, -0.2) is 47.1 Å². The molecule has 29 heavy (non-hydrogen) atoms. The van der Waals surface area contributed by atoms with E-state index in [1.54, 1.807) is 6.20 Å². The SMILES string of the molecule is CC1c2cccnc2N(CCCN2CCCC(C(=O)O)C2)c2ccccc2[NH+]1[O-]. The Balaban J connectivity index is 1.54. The number of hydrogen-bond donors (Lipinski definition) is 2. The molecule has 1 aromatic heterocycles. The van der Waals surface area contributed by atoms with Crippen molar-refractivity contribution in [2.45, 2.75) is 32.2 Å². The quantitative estimate of drug-likeness (QED) is 0.756. The monoisotopic (exact) mass is 396 g/mol. The number of fused-ring (bicyclic) bond motifs is 2. The molecule has 7 heteroatoms. The third-order valence-electron chi connectivity index (χ3n) is 6.10. The number of carboxylic acid groups (broad SMARTS) is 1. The number of aliphatic carboxylic acids is 1. The summed E-state index contributed by atoms with van der Waals surface area (Å²) in [6, 6.07) is 11.4. The van der Waals surface area contributed by atoms with Crippen molar-refractivity contribution in [2.24, 2.45) is 5.92 Å². The first-order valence-corrected chi connectivity index (χ1v) is 10.4. The number of hydrogen-bond acceptors (Lipinski definition) is 5. The highest BCUT2D eigenvalue weighted by molar-refractivity contribution is 5.73. The Kier molecular flexibility index (Phi) is 5.80. The highest BCUT2D eigenvalue weighted by Crippen LogP contribution is 2.36. The maximum absolute atomic E-state index is 13.0. The molecule has 2 N–H and O–H groups in total. The van der Waals surface area contributed by atoms with Gasteiger partial charge in [0.05, 0.1) is 11.5 Å². The van der Waals surface area contributed by atoms with Crippen molar-refractivity contribution >= 4 is 23.2 Å². The van der Waals surface area contributed by atoms with Crippen LogP contribution in [0.2, 0.25) is 0 Å². The summed E-state index contributed by atoms with van der Waals surface area (Å²) in [4.78, 5) is 20.4. The van der Waals surface area contributed by atoms with E-state index in [-0.39, 0.29) is 17.0 Å². The van der Waals surface area contributed by atoms with Crippen molar-refractivity contribution in [1.29, 1.82) is 0 Å². The molecule has 0 saturated carbocycles. The molecule has 3 heterocycles. The Labute approximate surface area is 171 Å². The zero-order valence-electron chi connectivity index (χ0n) is 16.8. The standard InChI is InChI=1S/C22H28N4O3/c1-16-18-8-4-11-23-21(18)25(19-9-2-3-10-20(19)26(16)29)14-6-13-24-12-5-7-17(15-24)22(27)28/h2-4,8-11,16-17,26H,5-7,12-15H2,1H3,(H,27,28). The first-order chi connectivity index (χ1) is 14.1. The number of rotatable bonds is 5. The maximum Gasteiger partial charge on any atom is 0.307 e. The Morgan fingerprint density at radius 1 is 1.28 bits per heavy atom. The second-order valence-electron chi connectivity index (χ2n) is 8.00. The molecular weight excluding hydrogens is 368 g/mol. The summed E-state index contributed by atoms with van der Waals surface area (Å²) in [7, 11) is 0. The molecule has 2 aliphatic heterocycles. The number of quaternary nitrogens is 1. The lowest BCUT2D eigenvalue weighted by atomic mass is 9.98. The summed E-state index contributed by atoms with van der Waals surface area (Å²) >= 11 is 0. The molecule has 3 unspecified atom stereocenters. The lowest BCUT2D eigenvalue weighted by molar-refractivity contribution is -0.810. The van der Waals surface area contributed by atoms with E-state index in [1.165, 1.54) is 0 Å². The van der Waals surface area contributed by atoms with Gasteiger partial charge in [-0.2, -0.15) is 0 Å². The molecular formula is C22H28N4O3. The first kappa shape index (κ1) is 19.8. The van der Waals surface area contributed by atoms with Crippen molar-refractivity contribution in [1.82, 2.24) is 9.88 Å². The molecule has 1 fully saturated rings. The number of carbonyl (C=O) groups is 1. The van der Waals surface area contributed by atoms with E-state index in [9.17, 15) is 15.1 Å². The molecule has 1 aromatic carbocycles. The number of anilines is 2. The van der Waals surface area contributed by atoms with E-state index in [1.807, 2.05) is 43.3 Å². The number of pyridine rings is 1. The minimum Gasteiger partial charge on any atom is -0.628 e. The van der Waals surface area contributed by atoms with Crippen molar-refractivity contribution in [3.05, 3.63) is 53.4 Å². The van der Waals surface area contributed by atoms with Gasteiger partial charge in [0.2, 0.25) is 0 Å². The summed E-state index contributed by atoms with van der Waals surface area (Å²) in [5.74, 6) is -0.106. The number of piperidine rings is 1. The van der Waals surface area contributed by atoms with Gasteiger partial charge in [0.25, 0.3) is 0 Å². The van der Waals surface area contributed by atoms with Crippen molar-refractivity contribution in [3.8, 4) is 0 Å². The van der Waals surface area contributed by atoms with E-state index in [0.717, 1.165) is 61.7 Å². The predicted octanol–water partition coefficient (Wildman–Crippen LogP) is 2.50. The van der Waals surface area contributed by atoms with E-state index in [4.69, 9.17) is 0 Å². The third-order valence-corrected chi connectivity index (χ3v) is 6.10. The van der Waals surface area contributed by atoms with Gasteiger partial charge < -0.3 is 25.2 Å². The van der Waals surface area contributed by atoms with Gasteiger partial charge >= 0.3 is 5.97 Å². The average Bonchev–Trinajstić information content (AvgIpc) is 2.84. The van der Waals surface area contributed by atoms with Crippen LogP contribution >= 0.6 is 0 Å². The van der Waals surface area contributed by atoms with Gasteiger partial charge in [0.1, 0.15) is 17.5 Å². The number of hydroxylamine groups is 1. The number of nitrogens with one attached hydrogen (secondary N) is 1.